The Labute approximate surface area is 227 Å². The Bertz CT molecular complexity index is 1260. The molecule has 0 aliphatic rings. The SMILES string of the molecule is CC(C)(C)CC(C)(C)c1ccc(OCC(=O)NN=Cc2cccc(OC(=O)c3ccccc3Br)c2)cc1. The minimum absolute atomic E-state index is 0.0386. The lowest BCUT2D eigenvalue weighted by atomic mass is 9.72. The van der Waals surface area contributed by atoms with E-state index in [4.69, 9.17) is 9.47 Å². The molecule has 3 aromatic rings. The molecule has 6 nitrogen and oxygen atoms in total. The monoisotopic (exact) mass is 564 g/mol. The van der Waals surface area contributed by atoms with E-state index in [-0.39, 0.29) is 23.3 Å². The largest absolute Gasteiger partial charge is 0.484 e. The second kappa shape index (κ2) is 12.2. The summed E-state index contributed by atoms with van der Waals surface area (Å²) in [7, 11) is 0. The fourth-order valence-electron chi connectivity index (χ4n) is 4.24. The maximum atomic E-state index is 12.4. The number of hydrazone groups is 1. The maximum absolute atomic E-state index is 12.4. The van der Waals surface area contributed by atoms with Crippen LogP contribution in [0, 0.1) is 5.41 Å². The summed E-state index contributed by atoms with van der Waals surface area (Å²) < 4.78 is 11.7. The van der Waals surface area contributed by atoms with Crippen molar-refractivity contribution in [3.63, 3.8) is 0 Å². The molecule has 0 fully saturated rings. The van der Waals surface area contributed by atoms with Crippen LogP contribution in [0.5, 0.6) is 11.5 Å². The van der Waals surface area contributed by atoms with Gasteiger partial charge in [0.25, 0.3) is 5.91 Å². The first kappa shape index (κ1) is 28.1. The zero-order chi connectivity index (χ0) is 27.1. The highest BCUT2D eigenvalue weighted by atomic mass is 79.9. The number of hydrogen-bond donors (Lipinski definition) is 1. The first-order chi connectivity index (χ1) is 17.4. The third kappa shape index (κ3) is 8.86. The van der Waals surface area contributed by atoms with Crippen LogP contribution in [0.2, 0.25) is 0 Å². The minimum atomic E-state index is -0.474. The van der Waals surface area contributed by atoms with Crippen molar-refractivity contribution in [2.24, 2.45) is 10.5 Å². The fraction of sp³-hybridized carbons (Fsp3) is 0.300. The van der Waals surface area contributed by atoms with Crippen LogP contribution in [0.25, 0.3) is 0 Å². The smallest absolute Gasteiger partial charge is 0.344 e. The Morgan fingerprint density at radius 1 is 0.919 bits per heavy atom. The lowest BCUT2D eigenvalue weighted by Gasteiger charge is -2.33. The zero-order valence-corrected chi connectivity index (χ0v) is 23.5. The van der Waals surface area contributed by atoms with Gasteiger partial charge in [0.05, 0.1) is 11.8 Å². The average Bonchev–Trinajstić information content (AvgIpc) is 2.82. The molecule has 0 aliphatic heterocycles. The molecule has 0 saturated heterocycles. The van der Waals surface area contributed by atoms with Crippen molar-refractivity contribution in [3.8, 4) is 11.5 Å². The van der Waals surface area contributed by atoms with Crippen LogP contribution >= 0.6 is 15.9 Å². The molecule has 0 aromatic heterocycles. The Balaban J connectivity index is 1.49. The van der Waals surface area contributed by atoms with Crippen LogP contribution in [-0.4, -0.2) is 24.7 Å². The summed E-state index contributed by atoms with van der Waals surface area (Å²) in [6.07, 6.45) is 2.52. The minimum Gasteiger partial charge on any atom is -0.484 e. The quantitative estimate of drug-likeness (QED) is 0.132. The predicted octanol–water partition coefficient (Wildman–Crippen LogP) is 6.91. The van der Waals surface area contributed by atoms with E-state index in [1.807, 2.05) is 30.3 Å². The van der Waals surface area contributed by atoms with Gasteiger partial charge in [-0.15, -0.1) is 0 Å². The average molecular weight is 566 g/mol. The number of carbonyl (C=O) groups is 2. The molecular formula is C30H33BrN2O4. The molecule has 194 valence electrons. The van der Waals surface area contributed by atoms with Crippen molar-refractivity contribution >= 4 is 34.0 Å². The second-order valence-electron chi connectivity index (χ2n) is 10.7. The van der Waals surface area contributed by atoms with Crippen molar-refractivity contribution in [3.05, 3.63) is 94.0 Å². The van der Waals surface area contributed by atoms with E-state index in [1.54, 1.807) is 42.5 Å². The molecule has 0 spiro atoms. The first-order valence-corrected chi connectivity index (χ1v) is 12.8. The van der Waals surface area contributed by atoms with Crippen molar-refractivity contribution in [2.45, 2.75) is 46.5 Å². The third-order valence-electron chi connectivity index (χ3n) is 5.54. The molecule has 0 saturated carbocycles. The Morgan fingerprint density at radius 3 is 2.30 bits per heavy atom. The summed E-state index contributed by atoms with van der Waals surface area (Å²) in [5, 5.41) is 3.97. The van der Waals surface area contributed by atoms with Crippen molar-refractivity contribution in [2.75, 3.05) is 6.61 Å². The van der Waals surface area contributed by atoms with Crippen molar-refractivity contribution < 1.29 is 19.1 Å². The number of rotatable bonds is 9. The number of halogens is 1. The van der Waals surface area contributed by atoms with Crippen LogP contribution in [0.4, 0.5) is 0 Å². The third-order valence-corrected chi connectivity index (χ3v) is 6.23. The Morgan fingerprint density at radius 2 is 1.62 bits per heavy atom. The number of carbonyl (C=O) groups excluding carboxylic acids is 2. The van der Waals surface area contributed by atoms with Gasteiger partial charge in [-0.2, -0.15) is 5.10 Å². The van der Waals surface area contributed by atoms with Gasteiger partial charge >= 0.3 is 5.97 Å². The van der Waals surface area contributed by atoms with Crippen LogP contribution < -0.4 is 14.9 Å². The molecule has 0 atom stereocenters. The van der Waals surface area contributed by atoms with Crippen molar-refractivity contribution in [1.82, 2.24) is 5.43 Å². The number of esters is 1. The standard InChI is InChI=1S/C30H33BrN2O4/c1-29(2,3)20-30(4,5)22-13-15-23(16-14-22)36-19-27(34)33-32-18-21-9-8-10-24(17-21)37-28(35)25-11-6-7-12-26(25)31/h6-18H,19-20H2,1-5H3,(H,33,34). The van der Waals surface area contributed by atoms with Gasteiger partial charge in [0.15, 0.2) is 6.61 Å². The van der Waals surface area contributed by atoms with Gasteiger partial charge in [0, 0.05) is 4.47 Å². The molecule has 0 bridgehead atoms. The number of nitrogens with one attached hydrogen (secondary N) is 1. The topological polar surface area (TPSA) is 77.0 Å². The highest BCUT2D eigenvalue weighted by Crippen LogP contribution is 2.36. The van der Waals surface area contributed by atoms with Crippen LogP contribution in [0.15, 0.2) is 82.4 Å². The number of hydrogen-bond acceptors (Lipinski definition) is 5. The number of amides is 1. The van der Waals surface area contributed by atoms with Gasteiger partial charge in [-0.25, -0.2) is 10.2 Å². The number of nitrogens with zero attached hydrogens (tertiary/aromatic N) is 1. The predicted molar refractivity (Wildman–Crippen MR) is 150 cm³/mol. The molecule has 3 rings (SSSR count). The van der Waals surface area contributed by atoms with E-state index in [2.05, 4.69) is 61.1 Å². The summed E-state index contributed by atoms with van der Waals surface area (Å²) in [4.78, 5) is 24.6. The lowest BCUT2D eigenvalue weighted by Crippen LogP contribution is -2.25. The molecule has 7 heteroatoms. The van der Waals surface area contributed by atoms with Gasteiger partial charge in [-0.3, -0.25) is 4.79 Å². The summed E-state index contributed by atoms with van der Waals surface area (Å²) in [5.41, 5.74) is 5.03. The lowest BCUT2D eigenvalue weighted by molar-refractivity contribution is -0.123. The normalized spacial score (nSPS) is 11.8. The van der Waals surface area contributed by atoms with Crippen molar-refractivity contribution in [1.29, 1.82) is 0 Å². The molecule has 0 heterocycles. The van der Waals surface area contributed by atoms with Gasteiger partial charge < -0.3 is 9.47 Å². The molecule has 0 radical (unpaired) electrons. The van der Waals surface area contributed by atoms with E-state index in [0.29, 0.717) is 27.1 Å². The summed E-state index contributed by atoms with van der Waals surface area (Å²) in [6, 6.07) is 21.8. The highest BCUT2D eigenvalue weighted by molar-refractivity contribution is 9.10. The van der Waals surface area contributed by atoms with Gasteiger partial charge in [0.1, 0.15) is 11.5 Å². The molecule has 37 heavy (non-hydrogen) atoms. The van der Waals surface area contributed by atoms with E-state index in [1.165, 1.54) is 11.8 Å². The second-order valence-corrected chi connectivity index (χ2v) is 11.5. The molecule has 1 amide bonds. The van der Waals surface area contributed by atoms with Crippen LogP contribution in [0.1, 0.15) is 62.5 Å². The molecular weight excluding hydrogens is 532 g/mol. The summed E-state index contributed by atoms with van der Waals surface area (Å²) in [5.74, 6) is 0.130. The fourth-order valence-corrected chi connectivity index (χ4v) is 4.68. The number of benzene rings is 3. The highest BCUT2D eigenvalue weighted by Gasteiger charge is 2.27. The maximum Gasteiger partial charge on any atom is 0.344 e. The van der Waals surface area contributed by atoms with E-state index in [9.17, 15) is 9.59 Å². The van der Waals surface area contributed by atoms with E-state index >= 15 is 0 Å². The summed E-state index contributed by atoms with van der Waals surface area (Å²) >= 11 is 3.35. The van der Waals surface area contributed by atoms with Gasteiger partial charge in [-0.05, 0) is 80.7 Å². The first-order valence-electron chi connectivity index (χ1n) is 12.0. The Kier molecular flexibility index (Phi) is 9.27. The van der Waals surface area contributed by atoms with E-state index < -0.39 is 5.97 Å². The van der Waals surface area contributed by atoms with Crippen LogP contribution in [0.3, 0.4) is 0 Å². The molecule has 0 aliphatic carbocycles. The molecule has 1 N–H and O–H groups in total. The summed E-state index contributed by atoms with van der Waals surface area (Å²) in [6.45, 7) is 11.0. The van der Waals surface area contributed by atoms with Gasteiger partial charge in [0.2, 0.25) is 0 Å². The van der Waals surface area contributed by atoms with Crippen LogP contribution in [-0.2, 0) is 10.2 Å². The zero-order valence-electron chi connectivity index (χ0n) is 21.9. The molecule has 0 unspecified atom stereocenters. The Hall–Kier alpha value is -3.45. The van der Waals surface area contributed by atoms with E-state index in [0.717, 1.165) is 6.42 Å². The number of ether oxygens (including phenoxy) is 2. The van der Waals surface area contributed by atoms with Gasteiger partial charge in [-0.1, -0.05) is 71.0 Å². The molecule has 3 aromatic carbocycles.